The lowest BCUT2D eigenvalue weighted by Crippen LogP contribution is -2.46. The molecule has 10 N–H and O–H groups in total. The first kappa shape index (κ1) is 49.7. The number of nitrogens with two attached hydrogens (primary N) is 1. The Balaban J connectivity index is 0.00000122. The summed E-state index contributed by atoms with van der Waals surface area (Å²) in [4.78, 5) is 85.3. The SMILES string of the molecule is CC(C)(COP(=O)(O)OP(=O)(O)OC[C@H]1O[C@@H](n2cnc3c(N)ncnc32)[C@H](O)[C@@H]1OP(=O)(O)O)[C@@H](O)C(=O)NCCC(=O)NCCS.CCCC(=O)CCC. The van der Waals surface area contributed by atoms with Crippen molar-refractivity contribution in [1.82, 2.24) is 30.2 Å². The Morgan fingerprint density at radius 2 is 1.62 bits per heavy atom. The molecule has 28 heteroatoms. The summed E-state index contributed by atoms with van der Waals surface area (Å²) in [6.45, 7) is 4.79. The number of fused-ring (bicyclic) bond motifs is 1. The summed E-state index contributed by atoms with van der Waals surface area (Å²) in [6, 6.07) is 0. The molecule has 0 saturated carbocycles. The third-order valence-electron chi connectivity index (χ3n) is 7.57. The highest BCUT2D eigenvalue weighted by Crippen LogP contribution is 2.61. The Labute approximate surface area is 327 Å². The molecular weight excluding hydrogens is 831 g/mol. The van der Waals surface area contributed by atoms with Crippen molar-refractivity contribution in [1.29, 1.82) is 0 Å². The van der Waals surface area contributed by atoms with Crippen molar-refractivity contribution < 1.29 is 80.5 Å². The number of phosphoric ester groups is 3. The average molecular weight is 882 g/mol. The number of amides is 2. The number of phosphoric acid groups is 3. The third kappa shape index (κ3) is 16.1. The zero-order valence-corrected chi connectivity index (χ0v) is 34.5. The molecule has 24 nitrogen and oxygen atoms in total. The summed E-state index contributed by atoms with van der Waals surface area (Å²) in [5.74, 6) is -0.531. The lowest BCUT2D eigenvalue weighted by Gasteiger charge is -2.30. The van der Waals surface area contributed by atoms with Gasteiger partial charge in [-0.1, -0.05) is 27.7 Å². The van der Waals surface area contributed by atoms with Gasteiger partial charge >= 0.3 is 23.5 Å². The molecule has 0 spiro atoms. The molecule has 0 aliphatic carbocycles. The zero-order chi connectivity index (χ0) is 42.5. The second-order valence-corrected chi connectivity index (χ2v) is 17.5. The molecule has 2 aromatic rings. The van der Waals surface area contributed by atoms with E-state index in [0.29, 0.717) is 18.1 Å². The number of Topliss-reactive ketones (excluding diaryl/α,β-unsaturated/α-hetero) is 1. The summed E-state index contributed by atoms with van der Waals surface area (Å²) in [6.07, 6.45) is -3.20. The summed E-state index contributed by atoms with van der Waals surface area (Å²) >= 11 is 3.95. The molecule has 1 aliphatic heterocycles. The van der Waals surface area contributed by atoms with Gasteiger partial charge in [0.2, 0.25) is 11.8 Å². The van der Waals surface area contributed by atoms with E-state index in [2.05, 4.69) is 47.0 Å². The first-order chi connectivity index (χ1) is 26.0. The van der Waals surface area contributed by atoms with Crippen molar-refractivity contribution >= 4 is 70.7 Å². The van der Waals surface area contributed by atoms with Crippen LogP contribution in [0.4, 0.5) is 5.82 Å². The molecular formula is C28H50N7O17P3S. The Morgan fingerprint density at radius 1 is 1.00 bits per heavy atom. The minimum absolute atomic E-state index is 0.0363. The van der Waals surface area contributed by atoms with Crippen LogP contribution in [-0.2, 0) is 50.7 Å². The van der Waals surface area contributed by atoms with Gasteiger partial charge in [-0.15, -0.1) is 0 Å². The summed E-state index contributed by atoms with van der Waals surface area (Å²) in [5, 5.41) is 26.1. The standard InChI is InChI=1S/C21H36N7O16P3S.C7H14O/c1-21(2,16(31)19(32)24-4-3-12(29)23-5-6-48)8-41-47(38,39)44-46(36,37)40-7-11-15(43-45(33,34)35)14(30)20(42-11)28-10-27-13-17(22)25-9-26-18(13)28;1-3-5-7(8)6-4-2/h9-11,14-16,20,30-31,48H,3-8H2,1-2H3,(H,23,29)(H,24,32)(H,36,37)(H,38,39)(H2,22,25,26)(H2,33,34,35);3-6H2,1-2H3/t11-,14-,15-,16+,20-;/m1./s1. The van der Waals surface area contributed by atoms with Gasteiger partial charge in [0.25, 0.3) is 0 Å². The molecule has 1 fully saturated rings. The van der Waals surface area contributed by atoms with E-state index in [1.54, 1.807) is 0 Å². The molecule has 0 radical (unpaired) electrons. The second-order valence-electron chi connectivity index (χ2n) is 12.8. The minimum Gasteiger partial charge on any atom is -0.386 e. The van der Waals surface area contributed by atoms with Crippen LogP contribution in [0.25, 0.3) is 11.2 Å². The van der Waals surface area contributed by atoms with Crippen molar-refractivity contribution in [3.05, 3.63) is 12.7 Å². The first-order valence-corrected chi connectivity index (χ1v) is 22.1. The van der Waals surface area contributed by atoms with Gasteiger partial charge in [-0.25, -0.2) is 28.6 Å². The number of carbonyl (C=O) groups is 3. The number of rotatable bonds is 22. The number of aliphatic hydroxyl groups excluding tert-OH is 2. The number of carbonyl (C=O) groups excluding carboxylic acids is 3. The quantitative estimate of drug-likeness (QED) is 0.0568. The maximum atomic E-state index is 12.6. The van der Waals surface area contributed by atoms with Crippen molar-refractivity contribution in [2.45, 2.75) is 90.4 Å². The number of hydrogen-bond donors (Lipinski definition) is 10. The van der Waals surface area contributed by atoms with Gasteiger partial charge in [-0.3, -0.25) is 32.5 Å². The molecule has 1 saturated heterocycles. The van der Waals surface area contributed by atoms with Crippen LogP contribution in [0.2, 0.25) is 0 Å². The summed E-state index contributed by atoms with van der Waals surface area (Å²) < 4.78 is 61.7. The fraction of sp³-hybridized carbons (Fsp3) is 0.714. The van der Waals surface area contributed by atoms with Crippen LogP contribution in [0.3, 0.4) is 0 Å². The average Bonchev–Trinajstić information content (AvgIpc) is 3.65. The number of nitrogens with one attached hydrogen (secondary N) is 2. The van der Waals surface area contributed by atoms with Crippen LogP contribution in [-0.4, -0.2) is 123 Å². The van der Waals surface area contributed by atoms with Crippen molar-refractivity contribution in [2.75, 3.05) is 37.8 Å². The van der Waals surface area contributed by atoms with Crippen LogP contribution in [0.5, 0.6) is 0 Å². The highest BCUT2D eigenvalue weighted by atomic mass is 32.1. The Bertz CT molecular complexity index is 1760. The minimum atomic E-state index is -5.54. The van der Waals surface area contributed by atoms with E-state index < -0.39 is 78.6 Å². The van der Waals surface area contributed by atoms with Gasteiger partial charge in [-0.05, 0) is 12.8 Å². The van der Waals surface area contributed by atoms with Gasteiger partial charge < -0.3 is 50.9 Å². The van der Waals surface area contributed by atoms with E-state index >= 15 is 0 Å². The predicted octanol–water partition coefficient (Wildman–Crippen LogP) is 0.490. The highest BCUT2D eigenvalue weighted by Gasteiger charge is 2.50. The molecule has 2 amide bonds. The number of anilines is 1. The van der Waals surface area contributed by atoms with Crippen molar-refractivity contribution in [3.8, 4) is 0 Å². The number of thiol groups is 1. The van der Waals surface area contributed by atoms with Crippen LogP contribution in [0.15, 0.2) is 12.7 Å². The van der Waals surface area contributed by atoms with Crippen LogP contribution < -0.4 is 16.4 Å². The van der Waals surface area contributed by atoms with E-state index in [1.807, 2.05) is 13.8 Å². The van der Waals surface area contributed by atoms with Gasteiger partial charge in [0.05, 0.1) is 19.5 Å². The number of imidazole rings is 1. The number of hydrogen-bond acceptors (Lipinski definition) is 18. The molecule has 3 rings (SSSR count). The summed E-state index contributed by atoms with van der Waals surface area (Å²) in [5.41, 5.74) is 4.30. The first-order valence-electron chi connectivity index (χ1n) is 17.0. The number of nitrogen functional groups attached to an aromatic ring is 1. The largest absolute Gasteiger partial charge is 0.481 e. The smallest absolute Gasteiger partial charge is 0.386 e. The molecule has 2 unspecified atom stereocenters. The summed E-state index contributed by atoms with van der Waals surface area (Å²) in [7, 11) is -16.3. The number of ketones is 1. The van der Waals surface area contributed by atoms with Gasteiger partial charge in [-0.2, -0.15) is 16.9 Å². The second kappa shape index (κ2) is 22.1. The Kier molecular flexibility index (Phi) is 19.6. The van der Waals surface area contributed by atoms with Crippen LogP contribution >= 0.6 is 36.1 Å². The van der Waals surface area contributed by atoms with E-state index in [-0.39, 0.29) is 35.9 Å². The van der Waals surface area contributed by atoms with Crippen molar-refractivity contribution in [2.24, 2.45) is 5.41 Å². The van der Waals surface area contributed by atoms with Gasteiger partial charge in [0.1, 0.15) is 42.0 Å². The van der Waals surface area contributed by atoms with Crippen molar-refractivity contribution in [3.63, 3.8) is 0 Å². The molecule has 56 heavy (non-hydrogen) atoms. The van der Waals surface area contributed by atoms with Gasteiger partial charge in [0.15, 0.2) is 17.7 Å². The number of nitrogens with zero attached hydrogens (tertiary/aromatic N) is 4. The van der Waals surface area contributed by atoms with Crippen LogP contribution in [0.1, 0.15) is 66.0 Å². The maximum Gasteiger partial charge on any atom is 0.481 e. The lowest BCUT2D eigenvalue weighted by atomic mass is 9.87. The van der Waals surface area contributed by atoms with E-state index in [0.717, 1.165) is 42.9 Å². The van der Waals surface area contributed by atoms with Crippen LogP contribution in [0, 0.1) is 5.41 Å². The zero-order valence-electron chi connectivity index (χ0n) is 30.9. The monoisotopic (exact) mass is 881 g/mol. The normalized spacial score (nSPS) is 21.3. The number of ether oxygens (including phenoxy) is 1. The lowest BCUT2D eigenvalue weighted by molar-refractivity contribution is -0.137. The van der Waals surface area contributed by atoms with E-state index in [9.17, 15) is 57.9 Å². The predicted molar refractivity (Wildman–Crippen MR) is 198 cm³/mol. The maximum absolute atomic E-state index is 12.6. The van der Waals surface area contributed by atoms with Gasteiger partial charge in [0, 0.05) is 43.5 Å². The molecule has 0 aromatic carbocycles. The van der Waals surface area contributed by atoms with E-state index in [1.165, 1.54) is 13.8 Å². The number of aromatic nitrogens is 4. The molecule has 0 bridgehead atoms. The number of aliphatic hydroxyl groups is 2. The highest BCUT2D eigenvalue weighted by molar-refractivity contribution is 7.80. The van der Waals surface area contributed by atoms with E-state index in [4.69, 9.17) is 19.5 Å². The fourth-order valence-corrected chi connectivity index (χ4v) is 7.76. The topological polar surface area (TPSA) is 364 Å². The fourth-order valence-electron chi connectivity index (χ4n) is 4.82. The Hall–Kier alpha value is -2.44. The molecule has 320 valence electrons. The molecule has 1 aliphatic rings. The third-order valence-corrected chi connectivity index (χ3v) is 10.9. The Morgan fingerprint density at radius 3 is 2.21 bits per heavy atom. The molecule has 2 aromatic heterocycles. The molecule has 7 atom stereocenters. The molecule has 3 heterocycles.